The van der Waals surface area contributed by atoms with Crippen molar-refractivity contribution in [3.63, 3.8) is 0 Å². The minimum atomic E-state index is -4.83. The van der Waals surface area contributed by atoms with Gasteiger partial charge >= 0.3 is 6.18 Å². The first-order valence-electron chi connectivity index (χ1n) is 12.8. The number of aromatic amines is 1. The van der Waals surface area contributed by atoms with Crippen molar-refractivity contribution in [3.05, 3.63) is 66.1 Å². The fourth-order valence-electron chi connectivity index (χ4n) is 5.83. The molecule has 2 saturated heterocycles. The number of hydrogen-bond donors (Lipinski definition) is 1. The van der Waals surface area contributed by atoms with E-state index in [1.807, 2.05) is 16.9 Å². The fraction of sp³-hybridized carbons (Fsp3) is 0.370. The number of H-pyrrole nitrogens is 1. The molecule has 0 aliphatic carbocycles. The molecule has 5 heterocycles. The molecule has 0 atom stereocenters. The lowest BCUT2D eigenvalue weighted by Gasteiger charge is -2.53. The summed E-state index contributed by atoms with van der Waals surface area (Å²) in [5, 5.41) is 15.0. The number of benzene rings is 1. The third kappa shape index (κ3) is 4.38. The number of halogens is 4. The van der Waals surface area contributed by atoms with E-state index < -0.39 is 34.6 Å². The molecule has 2 fully saturated rings. The number of nitriles is 1. The van der Waals surface area contributed by atoms with Crippen LogP contribution in [0.3, 0.4) is 0 Å². The van der Waals surface area contributed by atoms with Crippen LogP contribution < -0.4 is 0 Å². The molecule has 0 unspecified atom stereocenters. The molecule has 0 saturated carbocycles. The Morgan fingerprint density at radius 1 is 1.18 bits per heavy atom. The summed E-state index contributed by atoms with van der Waals surface area (Å²) in [5.74, 6) is -2.12. The van der Waals surface area contributed by atoms with E-state index >= 15 is 0 Å². The zero-order chi connectivity index (χ0) is 28.1. The van der Waals surface area contributed by atoms with Crippen LogP contribution in [0, 0.1) is 17.1 Å². The topological polar surface area (TPSA) is 107 Å². The molecule has 1 aromatic carbocycles. The van der Waals surface area contributed by atoms with Crippen LogP contribution in [-0.2, 0) is 11.7 Å². The maximum Gasteiger partial charge on any atom is 0.417 e. The first-order chi connectivity index (χ1) is 19.2. The Kier molecular flexibility index (Phi) is 6.29. The molecule has 1 N–H and O–H groups in total. The summed E-state index contributed by atoms with van der Waals surface area (Å²) >= 11 is 0. The largest absolute Gasteiger partial charge is 0.417 e. The quantitative estimate of drug-likeness (QED) is 0.372. The van der Waals surface area contributed by atoms with Crippen molar-refractivity contribution in [2.24, 2.45) is 0 Å². The summed E-state index contributed by atoms with van der Waals surface area (Å²) in [6.07, 6.45) is 3.35. The summed E-state index contributed by atoms with van der Waals surface area (Å²) in [6.45, 7) is 1.55. The SMILES string of the molecule is N#CCC1(n2cc(-c3ncnc4[nH]ccc34)cn2)CN(C2CCN(C(=O)c3c(F)cccc3C(F)(F)F)CC2)C1. The first kappa shape index (κ1) is 25.9. The number of fused-ring (bicyclic) bond motifs is 1. The molecule has 2 aliphatic rings. The van der Waals surface area contributed by atoms with Crippen LogP contribution in [0.4, 0.5) is 17.6 Å². The Bertz CT molecular complexity index is 1610. The smallest absolute Gasteiger partial charge is 0.346 e. The molecule has 1 amide bonds. The van der Waals surface area contributed by atoms with Crippen molar-refractivity contribution in [2.45, 2.75) is 37.0 Å². The monoisotopic (exact) mass is 552 g/mol. The Labute approximate surface area is 226 Å². The van der Waals surface area contributed by atoms with Gasteiger partial charge < -0.3 is 9.88 Å². The molecule has 2 aliphatic heterocycles. The standard InChI is InChI=1S/C27H24F4N8O/c28-21-3-1-2-20(27(29,30)31)22(21)25(40)37-10-5-18(6-11-37)38-14-26(15-38,7-8-32)39-13-17(12-36-39)23-19-4-9-33-24(19)35-16-34-23/h1-4,9,12-13,16,18H,5-7,10-11,14-15H2,(H,33,34,35). The first-order valence-corrected chi connectivity index (χ1v) is 12.8. The number of likely N-dealkylation sites (tertiary alicyclic amines) is 2. The molecule has 13 heteroatoms. The van der Waals surface area contributed by atoms with Crippen LogP contribution in [0.15, 0.2) is 49.2 Å². The maximum absolute atomic E-state index is 14.3. The number of amides is 1. The number of nitrogens with zero attached hydrogens (tertiary/aromatic N) is 7. The third-order valence-corrected chi connectivity index (χ3v) is 7.90. The van der Waals surface area contributed by atoms with Gasteiger partial charge in [0.05, 0.1) is 35.5 Å². The molecule has 0 bridgehead atoms. The zero-order valence-corrected chi connectivity index (χ0v) is 21.2. The highest BCUT2D eigenvalue weighted by atomic mass is 19.4. The van der Waals surface area contributed by atoms with E-state index in [9.17, 15) is 27.6 Å². The number of alkyl halides is 3. The number of carbonyl (C=O) groups excluding carboxylic acids is 1. The lowest BCUT2D eigenvalue weighted by Crippen LogP contribution is -2.66. The van der Waals surface area contributed by atoms with Crippen molar-refractivity contribution in [1.82, 2.24) is 34.5 Å². The van der Waals surface area contributed by atoms with Gasteiger partial charge in [-0.1, -0.05) is 6.07 Å². The van der Waals surface area contributed by atoms with Gasteiger partial charge in [0.1, 0.15) is 23.3 Å². The second-order valence-electron chi connectivity index (χ2n) is 10.3. The van der Waals surface area contributed by atoms with Gasteiger partial charge in [-0.3, -0.25) is 14.4 Å². The number of aromatic nitrogens is 5. The molecule has 3 aromatic heterocycles. The predicted molar refractivity (Wildman–Crippen MR) is 135 cm³/mol. The van der Waals surface area contributed by atoms with Gasteiger partial charge in [0.2, 0.25) is 0 Å². The van der Waals surface area contributed by atoms with Crippen molar-refractivity contribution in [1.29, 1.82) is 5.26 Å². The normalized spacial score (nSPS) is 18.0. The summed E-state index contributed by atoms with van der Waals surface area (Å²) in [6, 6.07) is 6.80. The van der Waals surface area contributed by atoms with Gasteiger partial charge in [0.15, 0.2) is 0 Å². The molecule has 9 nitrogen and oxygen atoms in total. The zero-order valence-electron chi connectivity index (χ0n) is 21.2. The van der Waals surface area contributed by atoms with Crippen molar-refractivity contribution in [3.8, 4) is 17.3 Å². The van der Waals surface area contributed by atoms with Gasteiger partial charge in [-0.05, 0) is 31.0 Å². The summed E-state index contributed by atoms with van der Waals surface area (Å²) in [7, 11) is 0. The van der Waals surface area contributed by atoms with Crippen LogP contribution in [0.2, 0.25) is 0 Å². The van der Waals surface area contributed by atoms with Gasteiger partial charge in [-0.25, -0.2) is 14.4 Å². The van der Waals surface area contributed by atoms with Crippen LogP contribution in [0.25, 0.3) is 22.3 Å². The van der Waals surface area contributed by atoms with Gasteiger partial charge in [0.25, 0.3) is 5.91 Å². The highest BCUT2D eigenvalue weighted by Crippen LogP contribution is 2.38. The molecule has 4 aromatic rings. The Morgan fingerprint density at radius 3 is 2.67 bits per heavy atom. The average molecular weight is 553 g/mol. The van der Waals surface area contributed by atoms with Crippen LogP contribution >= 0.6 is 0 Å². The van der Waals surface area contributed by atoms with Crippen LogP contribution in [0.5, 0.6) is 0 Å². The van der Waals surface area contributed by atoms with E-state index in [-0.39, 0.29) is 25.6 Å². The van der Waals surface area contributed by atoms with E-state index in [1.165, 1.54) is 11.2 Å². The van der Waals surface area contributed by atoms with Gasteiger partial charge in [-0.2, -0.15) is 23.5 Å². The second kappa shape index (κ2) is 9.71. The minimum Gasteiger partial charge on any atom is -0.346 e. The second-order valence-corrected chi connectivity index (χ2v) is 10.3. The van der Waals surface area contributed by atoms with Gasteiger partial charge in [0, 0.05) is 55.6 Å². The van der Waals surface area contributed by atoms with E-state index in [4.69, 9.17) is 0 Å². The lowest BCUT2D eigenvalue weighted by atomic mass is 9.83. The molecule has 40 heavy (non-hydrogen) atoms. The van der Waals surface area contributed by atoms with Crippen molar-refractivity contribution >= 4 is 16.9 Å². The van der Waals surface area contributed by atoms with Crippen LogP contribution in [0.1, 0.15) is 35.2 Å². The molecular weight excluding hydrogens is 528 g/mol. The summed E-state index contributed by atoms with van der Waals surface area (Å²) in [4.78, 5) is 28.1. The highest BCUT2D eigenvalue weighted by Gasteiger charge is 2.48. The number of piperidine rings is 1. The number of nitrogens with one attached hydrogen (secondary N) is 1. The van der Waals surface area contributed by atoms with Crippen molar-refractivity contribution < 1.29 is 22.4 Å². The van der Waals surface area contributed by atoms with E-state index in [1.54, 1.807) is 12.4 Å². The Balaban J connectivity index is 1.13. The Hall–Kier alpha value is -4.31. The van der Waals surface area contributed by atoms with E-state index in [0.717, 1.165) is 34.8 Å². The van der Waals surface area contributed by atoms with Crippen molar-refractivity contribution in [2.75, 3.05) is 26.2 Å². The van der Waals surface area contributed by atoms with E-state index in [2.05, 4.69) is 31.0 Å². The molecule has 6 rings (SSSR count). The minimum absolute atomic E-state index is 0.0787. The summed E-state index contributed by atoms with van der Waals surface area (Å²) in [5.41, 5.74) is -0.461. The number of rotatable bonds is 5. The Morgan fingerprint density at radius 2 is 1.95 bits per heavy atom. The maximum atomic E-state index is 14.3. The molecular formula is C27H24F4N8O. The average Bonchev–Trinajstić information content (AvgIpc) is 3.60. The fourth-order valence-corrected chi connectivity index (χ4v) is 5.83. The number of hydrogen-bond acceptors (Lipinski definition) is 6. The third-order valence-electron chi connectivity index (χ3n) is 7.90. The number of carbonyl (C=O) groups is 1. The molecule has 206 valence electrons. The van der Waals surface area contributed by atoms with E-state index in [0.29, 0.717) is 31.6 Å². The molecule has 0 radical (unpaired) electrons. The molecule has 0 spiro atoms. The summed E-state index contributed by atoms with van der Waals surface area (Å²) < 4.78 is 56.4. The highest BCUT2D eigenvalue weighted by molar-refractivity contribution is 5.96. The lowest BCUT2D eigenvalue weighted by molar-refractivity contribution is -0.138. The van der Waals surface area contributed by atoms with Gasteiger partial charge in [-0.15, -0.1) is 0 Å². The van der Waals surface area contributed by atoms with Crippen LogP contribution in [-0.4, -0.2) is 72.7 Å². The predicted octanol–water partition coefficient (Wildman–Crippen LogP) is 4.21.